The molecule has 0 atom stereocenters. The molecule has 0 aliphatic heterocycles. The molecule has 208 valence electrons. The zero-order chi connectivity index (χ0) is 27.8. The van der Waals surface area contributed by atoms with E-state index < -0.39 is 38.7 Å². The third kappa shape index (κ3) is 13.5. The number of rotatable bonds is 18. The molecule has 0 bridgehead atoms. The predicted octanol–water partition coefficient (Wildman–Crippen LogP) is 3.47. The lowest BCUT2D eigenvalue weighted by Gasteiger charge is -2.19. The van der Waals surface area contributed by atoms with Gasteiger partial charge in [-0.05, 0) is 40.5 Å². The fourth-order valence-electron chi connectivity index (χ4n) is 2.89. The molecule has 0 radical (unpaired) electrons. The van der Waals surface area contributed by atoms with Crippen LogP contribution in [0.25, 0.3) is 0 Å². The van der Waals surface area contributed by atoms with Gasteiger partial charge in [0.2, 0.25) is 0 Å². The lowest BCUT2D eigenvalue weighted by Crippen LogP contribution is -2.33. The molecule has 0 fully saturated rings. The van der Waals surface area contributed by atoms with E-state index in [1.165, 1.54) is 6.92 Å². The quantitative estimate of drug-likeness (QED) is 0.123. The van der Waals surface area contributed by atoms with E-state index in [4.69, 9.17) is 18.9 Å². The lowest BCUT2D eigenvalue weighted by molar-refractivity contribution is -0.392. The molecule has 0 unspecified atom stereocenters. The van der Waals surface area contributed by atoms with Crippen LogP contribution in [0, 0.1) is 20.2 Å². The van der Waals surface area contributed by atoms with Crippen LogP contribution in [0.15, 0.2) is 12.1 Å². The SMILES string of the molecule is CC(=O)c1cc([N+](=O)[O-])c(NCCCOCCOCCOCCCNC(=O)OC(C)(C)C)c([N+](=O)[O-])c1. The number of alkyl carbamates (subject to hydrolysis) is 1. The summed E-state index contributed by atoms with van der Waals surface area (Å²) in [5.41, 5.74) is -1.95. The van der Waals surface area contributed by atoms with E-state index in [0.29, 0.717) is 59.0 Å². The van der Waals surface area contributed by atoms with E-state index >= 15 is 0 Å². The summed E-state index contributed by atoms with van der Waals surface area (Å²) in [6.45, 7) is 9.44. The Balaban J connectivity index is 2.15. The van der Waals surface area contributed by atoms with Crippen LogP contribution in [0.4, 0.5) is 21.9 Å². The number of hydrogen-bond acceptors (Lipinski definition) is 11. The zero-order valence-electron chi connectivity index (χ0n) is 21.7. The number of Topliss-reactive ketones (excluding diaryl/α,β-unsaturated/α-hetero) is 1. The van der Waals surface area contributed by atoms with E-state index in [1.807, 2.05) is 0 Å². The van der Waals surface area contributed by atoms with Crippen molar-refractivity contribution < 1.29 is 38.4 Å². The van der Waals surface area contributed by atoms with Crippen molar-refractivity contribution in [3.05, 3.63) is 37.9 Å². The van der Waals surface area contributed by atoms with Crippen LogP contribution in [0.5, 0.6) is 0 Å². The largest absolute Gasteiger partial charge is 0.444 e. The standard InChI is InChI=1S/C23H36N4O10/c1-17(28)18-15-19(26(30)31)21(20(16-18)27(32)33)24-7-5-9-34-11-13-36-14-12-35-10-6-8-25-22(29)37-23(2,3)4/h15-16,24H,5-14H2,1-4H3,(H,25,29). The van der Waals surface area contributed by atoms with E-state index in [9.17, 15) is 29.8 Å². The first-order chi connectivity index (χ1) is 17.4. The van der Waals surface area contributed by atoms with E-state index in [2.05, 4.69) is 10.6 Å². The Labute approximate surface area is 215 Å². The van der Waals surface area contributed by atoms with Crippen molar-refractivity contribution in [2.75, 3.05) is 58.0 Å². The van der Waals surface area contributed by atoms with Gasteiger partial charge in [-0.25, -0.2) is 4.79 Å². The number of ketones is 1. The summed E-state index contributed by atoms with van der Waals surface area (Å²) in [5, 5.41) is 28.1. The average molecular weight is 529 g/mol. The van der Waals surface area contributed by atoms with Crippen LogP contribution in [-0.4, -0.2) is 80.1 Å². The third-order valence-corrected chi connectivity index (χ3v) is 4.54. The van der Waals surface area contributed by atoms with Gasteiger partial charge in [0.05, 0.1) is 36.3 Å². The van der Waals surface area contributed by atoms with Gasteiger partial charge in [0, 0.05) is 44.0 Å². The number of nitrogens with one attached hydrogen (secondary N) is 2. The van der Waals surface area contributed by atoms with Crippen LogP contribution < -0.4 is 10.6 Å². The molecule has 37 heavy (non-hydrogen) atoms. The molecule has 1 aromatic carbocycles. The number of carbonyl (C=O) groups excluding carboxylic acids is 2. The maximum Gasteiger partial charge on any atom is 0.407 e. The predicted molar refractivity (Wildman–Crippen MR) is 134 cm³/mol. The highest BCUT2D eigenvalue weighted by Crippen LogP contribution is 2.35. The molecule has 0 saturated carbocycles. The number of nitro groups is 2. The van der Waals surface area contributed by atoms with Crippen molar-refractivity contribution in [1.29, 1.82) is 0 Å². The maximum absolute atomic E-state index is 11.5. The van der Waals surface area contributed by atoms with Gasteiger partial charge in [0.25, 0.3) is 11.4 Å². The van der Waals surface area contributed by atoms with Crippen molar-refractivity contribution in [3.63, 3.8) is 0 Å². The van der Waals surface area contributed by atoms with Crippen molar-refractivity contribution in [2.24, 2.45) is 0 Å². The van der Waals surface area contributed by atoms with Crippen molar-refractivity contribution in [3.8, 4) is 0 Å². The number of carbonyl (C=O) groups is 2. The molecule has 0 aromatic heterocycles. The molecular formula is C23H36N4O10. The van der Waals surface area contributed by atoms with Crippen LogP contribution >= 0.6 is 0 Å². The molecule has 0 heterocycles. The van der Waals surface area contributed by atoms with Gasteiger partial charge < -0.3 is 29.6 Å². The first-order valence-electron chi connectivity index (χ1n) is 11.8. The summed E-state index contributed by atoms with van der Waals surface area (Å²) < 4.78 is 21.3. The summed E-state index contributed by atoms with van der Waals surface area (Å²) >= 11 is 0. The highest BCUT2D eigenvalue weighted by Gasteiger charge is 2.27. The minimum absolute atomic E-state index is 0.104. The normalized spacial score (nSPS) is 11.1. The fourth-order valence-corrected chi connectivity index (χ4v) is 2.89. The fraction of sp³-hybridized carbons (Fsp3) is 0.652. The van der Waals surface area contributed by atoms with Gasteiger partial charge >= 0.3 is 6.09 Å². The Hall–Kier alpha value is -3.36. The Morgan fingerprint density at radius 1 is 0.838 bits per heavy atom. The molecule has 14 heteroatoms. The van der Waals surface area contributed by atoms with Gasteiger partial charge in [-0.1, -0.05) is 0 Å². The van der Waals surface area contributed by atoms with Crippen LogP contribution in [0.3, 0.4) is 0 Å². The molecule has 0 saturated heterocycles. The summed E-state index contributed by atoms with van der Waals surface area (Å²) in [4.78, 5) is 44.2. The minimum atomic E-state index is -0.764. The Kier molecular flexibility index (Phi) is 14.0. The van der Waals surface area contributed by atoms with Crippen LogP contribution in [0.1, 0.15) is 50.9 Å². The number of ether oxygens (including phenoxy) is 4. The molecule has 0 spiro atoms. The molecule has 1 amide bonds. The Bertz CT molecular complexity index is 882. The number of nitrogens with zero attached hydrogens (tertiary/aromatic N) is 2. The number of anilines is 1. The second-order valence-electron chi connectivity index (χ2n) is 8.86. The second-order valence-corrected chi connectivity index (χ2v) is 8.86. The van der Waals surface area contributed by atoms with Gasteiger partial charge in [0.1, 0.15) is 5.60 Å². The van der Waals surface area contributed by atoms with Crippen LogP contribution in [0.2, 0.25) is 0 Å². The summed E-state index contributed by atoms with van der Waals surface area (Å²) in [5.74, 6) is -0.507. The average Bonchev–Trinajstić information content (AvgIpc) is 2.79. The summed E-state index contributed by atoms with van der Waals surface area (Å²) in [6, 6.07) is 2.05. The molecule has 1 aromatic rings. The number of benzene rings is 1. The van der Waals surface area contributed by atoms with Gasteiger partial charge in [-0.2, -0.15) is 0 Å². The highest BCUT2D eigenvalue weighted by molar-refractivity contribution is 5.97. The monoisotopic (exact) mass is 528 g/mol. The molecular weight excluding hydrogens is 492 g/mol. The lowest BCUT2D eigenvalue weighted by atomic mass is 10.1. The summed E-state index contributed by atoms with van der Waals surface area (Å²) in [6.07, 6.45) is 0.616. The molecule has 0 aliphatic carbocycles. The number of amides is 1. The zero-order valence-corrected chi connectivity index (χ0v) is 21.7. The first-order valence-corrected chi connectivity index (χ1v) is 11.8. The second kappa shape index (κ2) is 16.4. The third-order valence-electron chi connectivity index (χ3n) is 4.54. The molecule has 0 aliphatic rings. The number of hydrogen-bond donors (Lipinski definition) is 2. The van der Waals surface area contributed by atoms with E-state index in [1.54, 1.807) is 20.8 Å². The smallest absolute Gasteiger partial charge is 0.407 e. The topological polar surface area (TPSA) is 181 Å². The molecule has 1 rings (SSSR count). The van der Waals surface area contributed by atoms with Crippen molar-refractivity contribution in [1.82, 2.24) is 5.32 Å². The van der Waals surface area contributed by atoms with Crippen molar-refractivity contribution >= 4 is 28.9 Å². The number of nitro benzene ring substituents is 2. The first kappa shape index (κ1) is 31.7. The van der Waals surface area contributed by atoms with E-state index in [0.717, 1.165) is 12.1 Å². The minimum Gasteiger partial charge on any atom is -0.444 e. The Morgan fingerprint density at radius 2 is 1.30 bits per heavy atom. The molecule has 14 nitrogen and oxygen atoms in total. The summed E-state index contributed by atoms with van der Waals surface area (Å²) in [7, 11) is 0. The van der Waals surface area contributed by atoms with Gasteiger partial charge in [-0.3, -0.25) is 25.0 Å². The van der Waals surface area contributed by atoms with Crippen molar-refractivity contribution in [2.45, 2.75) is 46.1 Å². The van der Waals surface area contributed by atoms with Gasteiger partial charge in [0.15, 0.2) is 11.5 Å². The maximum atomic E-state index is 11.5. The molecule has 2 N–H and O–H groups in total. The van der Waals surface area contributed by atoms with Gasteiger partial charge in [-0.15, -0.1) is 0 Å². The Morgan fingerprint density at radius 3 is 1.73 bits per heavy atom. The van der Waals surface area contributed by atoms with E-state index in [-0.39, 0.29) is 17.8 Å². The van der Waals surface area contributed by atoms with Crippen LogP contribution in [-0.2, 0) is 18.9 Å². The highest BCUT2D eigenvalue weighted by atomic mass is 16.6.